The maximum Gasteiger partial charge on any atom is 0.254 e. The molecule has 114 valence electrons. The Kier molecular flexibility index (Phi) is 4.52. The van der Waals surface area contributed by atoms with Crippen molar-refractivity contribution < 1.29 is 19.1 Å². The minimum absolute atomic E-state index is 0.178. The lowest BCUT2D eigenvalue weighted by molar-refractivity contribution is -0.124. The number of nitrogens with one attached hydrogen (secondary N) is 2. The molecule has 21 heavy (non-hydrogen) atoms. The fourth-order valence-electron chi connectivity index (χ4n) is 2.22. The Bertz CT molecular complexity index is 559. The maximum atomic E-state index is 12.3. The van der Waals surface area contributed by atoms with E-state index in [4.69, 9.17) is 15.2 Å². The molecule has 1 aliphatic rings. The number of rotatable bonds is 4. The van der Waals surface area contributed by atoms with E-state index >= 15 is 0 Å². The molecule has 0 spiro atoms. The molecule has 1 heterocycles. The number of anilines is 1. The standard InChI is InChI=1S/C14H19N3O4/c1-20-8-6-9(12(15)11(7-8)21-2)13(18)17-10-4-3-5-16-14(10)19/h6-7,10H,3-5,15H2,1-2H3,(H,16,19)(H,17,18). The summed E-state index contributed by atoms with van der Waals surface area (Å²) in [6.07, 6.45) is 1.44. The van der Waals surface area contributed by atoms with E-state index in [1.54, 1.807) is 6.07 Å². The number of benzene rings is 1. The summed E-state index contributed by atoms with van der Waals surface area (Å²) >= 11 is 0. The van der Waals surface area contributed by atoms with Gasteiger partial charge in [-0.1, -0.05) is 0 Å². The van der Waals surface area contributed by atoms with Crippen LogP contribution in [-0.4, -0.2) is 38.6 Å². The van der Waals surface area contributed by atoms with Crippen molar-refractivity contribution in [3.63, 3.8) is 0 Å². The van der Waals surface area contributed by atoms with Gasteiger partial charge in [0.2, 0.25) is 5.91 Å². The van der Waals surface area contributed by atoms with Gasteiger partial charge in [0.05, 0.1) is 25.5 Å². The van der Waals surface area contributed by atoms with Gasteiger partial charge in [0, 0.05) is 12.6 Å². The quantitative estimate of drug-likeness (QED) is 0.693. The molecule has 0 radical (unpaired) electrons. The minimum Gasteiger partial charge on any atom is -0.497 e. The number of nitrogens with two attached hydrogens (primary N) is 1. The van der Waals surface area contributed by atoms with Crippen LogP contribution >= 0.6 is 0 Å². The summed E-state index contributed by atoms with van der Waals surface area (Å²) in [6.45, 7) is 0.639. The molecule has 0 saturated carbocycles. The number of methoxy groups -OCH3 is 2. The summed E-state index contributed by atoms with van der Waals surface area (Å²) in [5.74, 6) is 0.210. The lowest BCUT2D eigenvalue weighted by Crippen LogP contribution is -2.50. The van der Waals surface area contributed by atoms with Crippen LogP contribution in [0, 0.1) is 0 Å². The minimum atomic E-state index is -0.539. The number of amides is 2. The SMILES string of the molecule is COc1cc(OC)c(N)c(C(=O)NC2CCCNC2=O)c1. The van der Waals surface area contributed by atoms with Crippen molar-refractivity contribution in [2.24, 2.45) is 0 Å². The molecule has 1 aromatic carbocycles. The van der Waals surface area contributed by atoms with Crippen LogP contribution in [0.3, 0.4) is 0 Å². The van der Waals surface area contributed by atoms with Gasteiger partial charge in [-0.25, -0.2) is 0 Å². The predicted octanol–water partition coefficient (Wildman–Crippen LogP) is 0.294. The highest BCUT2D eigenvalue weighted by molar-refractivity contribution is 6.03. The summed E-state index contributed by atoms with van der Waals surface area (Å²) in [4.78, 5) is 24.0. The molecule has 2 rings (SSSR count). The Labute approximate surface area is 122 Å². The van der Waals surface area contributed by atoms with E-state index in [-0.39, 0.29) is 17.2 Å². The molecule has 7 nitrogen and oxygen atoms in total. The first kappa shape index (κ1) is 15.0. The van der Waals surface area contributed by atoms with Crippen molar-refractivity contribution in [3.05, 3.63) is 17.7 Å². The van der Waals surface area contributed by atoms with Crippen LogP contribution in [0.15, 0.2) is 12.1 Å². The summed E-state index contributed by atoms with van der Waals surface area (Å²) in [7, 11) is 2.95. The van der Waals surface area contributed by atoms with Crippen molar-refractivity contribution in [3.8, 4) is 11.5 Å². The zero-order chi connectivity index (χ0) is 15.4. The molecule has 1 atom stereocenters. The van der Waals surface area contributed by atoms with E-state index in [1.807, 2.05) is 0 Å². The number of piperidine rings is 1. The smallest absolute Gasteiger partial charge is 0.254 e. The monoisotopic (exact) mass is 293 g/mol. The van der Waals surface area contributed by atoms with Gasteiger partial charge in [0.25, 0.3) is 5.91 Å². The lowest BCUT2D eigenvalue weighted by atomic mass is 10.1. The molecule has 0 aromatic heterocycles. The second-order valence-electron chi connectivity index (χ2n) is 4.75. The average molecular weight is 293 g/mol. The van der Waals surface area contributed by atoms with Crippen LogP contribution in [0.4, 0.5) is 5.69 Å². The largest absolute Gasteiger partial charge is 0.497 e. The Morgan fingerprint density at radius 1 is 1.38 bits per heavy atom. The third kappa shape index (κ3) is 3.18. The molecule has 4 N–H and O–H groups in total. The molecule has 1 aliphatic heterocycles. The van der Waals surface area contributed by atoms with Crippen LogP contribution in [0.5, 0.6) is 11.5 Å². The highest BCUT2D eigenvalue weighted by atomic mass is 16.5. The summed E-state index contributed by atoms with van der Waals surface area (Å²) < 4.78 is 10.2. The van der Waals surface area contributed by atoms with Gasteiger partial charge in [0.1, 0.15) is 17.5 Å². The summed E-state index contributed by atoms with van der Waals surface area (Å²) in [5, 5.41) is 5.40. The van der Waals surface area contributed by atoms with Gasteiger partial charge in [-0.15, -0.1) is 0 Å². The van der Waals surface area contributed by atoms with Crippen LogP contribution in [0.2, 0.25) is 0 Å². The van der Waals surface area contributed by atoms with Gasteiger partial charge in [-0.3, -0.25) is 9.59 Å². The Balaban J connectivity index is 2.23. The molecule has 7 heteroatoms. The number of carbonyl (C=O) groups excluding carboxylic acids is 2. The van der Waals surface area contributed by atoms with Gasteiger partial charge in [-0.2, -0.15) is 0 Å². The van der Waals surface area contributed by atoms with Gasteiger partial charge in [-0.05, 0) is 18.9 Å². The third-order valence-electron chi connectivity index (χ3n) is 3.41. The molecule has 0 bridgehead atoms. The number of carbonyl (C=O) groups is 2. The molecule has 1 saturated heterocycles. The normalized spacial score (nSPS) is 17.8. The van der Waals surface area contributed by atoms with Crippen LogP contribution in [0.25, 0.3) is 0 Å². The number of hydrogen-bond donors (Lipinski definition) is 3. The van der Waals surface area contributed by atoms with Gasteiger partial charge >= 0.3 is 0 Å². The van der Waals surface area contributed by atoms with Crippen LogP contribution < -0.4 is 25.8 Å². The van der Waals surface area contributed by atoms with E-state index < -0.39 is 11.9 Å². The van der Waals surface area contributed by atoms with E-state index in [0.29, 0.717) is 24.5 Å². The Morgan fingerprint density at radius 2 is 2.14 bits per heavy atom. The molecule has 1 fully saturated rings. The molecule has 2 amide bonds. The molecule has 1 unspecified atom stereocenters. The fourth-order valence-corrected chi connectivity index (χ4v) is 2.22. The molecular formula is C14H19N3O4. The average Bonchev–Trinajstić information content (AvgIpc) is 2.49. The second-order valence-corrected chi connectivity index (χ2v) is 4.75. The number of ether oxygens (including phenoxy) is 2. The van der Waals surface area contributed by atoms with E-state index in [1.165, 1.54) is 20.3 Å². The van der Waals surface area contributed by atoms with E-state index in [0.717, 1.165) is 6.42 Å². The van der Waals surface area contributed by atoms with E-state index in [9.17, 15) is 9.59 Å². The van der Waals surface area contributed by atoms with Gasteiger partial charge in [0.15, 0.2) is 0 Å². The highest BCUT2D eigenvalue weighted by Gasteiger charge is 2.25. The Hall–Kier alpha value is -2.44. The van der Waals surface area contributed by atoms with Crippen molar-refractivity contribution in [1.82, 2.24) is 10.6 Å². The summed E-state index contributed by atoms with van der Waals surface area (Å²) in [6, 6.07) is 2.58. The second kappa shape index (κ2) is 6.34. The molecule has 1 aromatic rings. The first-order valence-corrected chi connectivity index (χ1v) is 6.67. The van der Waals surface area contributed by atoms with E-state index in [2.05, 4.69) is 10.6 Å². The first-order valence-electron chi connectivity index (χ1n) is 6.67. The maximum absolute atomic E-state index is 12.3. The van der Waals surface area contributed by atoms with Crippen LogP contribution in [0.1, 0.15) is 23.2 Å². The zero-order valence-electron chi connectivity index (χ0n) is 12.1. The van der Waals surface area contributed by atoms with Crippen molar-refractivity contribution in [2.75, 3.05) is 26.5 Å². The van der Waals surface area contributed by atoms with Crippen molar-refractivity contribution in [2.45, 2.75) is 18.9 Å². The summed E-state index contributed by atoms with van der Waals surface area (Å²) in [5.41, 5.74) is 6.36. The number of nitrogen functional groups attached to an aromatic ring is 1. The van der Waals surface area contributed by atoms with Gasteiger partial charge < -0.3 is 25.8 Å². The fraction of sp³-hybridized carbons (Fsp3) is 0.429. The predicted molar refractivity (Wildman–Crippen MR) is 77.5 cm³/mol. The Morgan fingerprint density at radius 3 is 2.76 bits per heavy atom. The number of hydrogen-bond acceptors (Lipinski definition) is 5. The molecular weight excluding hydrogens is 274 g/mol. The van der Waals surface area contributed by atoms with Crippen molar-refractivity contribution in [1.29, 1.82) is 0 Å². The first-order chi connectivity index (χ1) is 10.1. The lowest BCUT2D eigenvalue weighted by Gasteiger charge is -2.23. The van der Waals surface area contributed by atoms with Crippen LogP contribution in [-0.2, 0) is 4.79 Å². The topological polar surface area (TPSA) is 103 Å². The van der Waals surface area contributed by atoms with Crippen molar-refractivity contribution >= 4 is 17.5 Å². The molecule has 0 aliphatic carbocycles. The zero-order valence-corrected chi connectivity index (χ0v) is 12.1. The third-order valence-corrected chi connectivity index (χ3v) is 3.41. The highest BCUT2D eigenvalue weighted by Crippen LogP contribution is 2.31.